The van der Waals surface area contributed by atoms with E-state index in [-0.39, 0.29) is 6.54 Å². The second kappa shape index (κ2) is 8.38. The van der Waals surface area contributed by atoms with Crippen LogP contribution in [0.5, 0.6) is 0 Å². The number of para-hydroxylation sites is 1. The van der Waals surface area contributed by atoms with Crippen molar-refractivity contribution < 1.29 is 23.7 Å². The highest BCUT2D eigenvalue weighted by Gasteiger charge is 2.51. The third-order valence-corrected chi connectivity index (χ3v) is 4.97. The number of nitrogens with one attached hydrogen (secondary N) is 1. The Hall–Kier alpha value is -3.29. The Morgan fingerprint density at radius 1 is 1.28 bits per heavy atom. The Balaban J connectivity index is 1.89. The molecule has 8 nitrogen and oxygen atoms in total. The number of allylic oxidation sites excluding steroid dienone is 1. The maximum atomic E-state index is 13.2. The fourth-order valence-electron chi connectivity index (χ4n) is 3.41. The van der Waals surface area contributed by atoms with Crippen LogP contribution >= 0.6 is 0 Å². The van der Waals surface area contributed by atoms with Gasteiger partial charge in [0.2, 0.25) is 0 Å². The van der Waals surface area contributed by atoms with Gasteiger partial charge in [-0.3, -0.25) is 9.59 Å². The number of urea groups is 1. The zero-order chi connectivity index (χ0) is 21.1. The van der Waals surface area contributed by atoms with Crippen molar-refractivity contribution in [2.75, 3.05) is 25.5 Å². The number of hydrogen-bond donors (Lipinski definition) is 1. The zero-order valence-electron chi connectivity index (χ0n) is 17.1. The third-order valence-electron chi connectivity index (χ3n) is 4.97. The van der Waals surface area contributed by atoms with Crippen molar-refractivity contribution in [1.29, 1.82) is 0 Å². The number of carbonyl (C=O) groups excluding carboxylic acids is 3. The standard InChI is InChI=1S/C21H24N4O4/c1-5-14-11-22-19-17(18(14)29-6-2)20(27)25(21(28)24(19)4)12-16(26)23-15-10-8-7-9-13(15)3/h7-11,17H,5-6,12H2,1-4H3/p+1. The Morgan fingerprint density at radius 3 is 2.66 bits per heavy atom. The molecule has 152 valence electrons. The molecular formula is C21H25N4O4+. The molecular weight excluding hydrogens is 372 g/mol. The number of amidine groups is 1. The molecule has 1 atom stereocenters. The summed E-state index contributed by atoms with van der Waals surface area (Å²) >= 11 is 0. The van der Waals surface area contributed by atoms with Crippen LogP contribution in [0.15, 0.2) is 40.6 Å². The Bertz CT molecular complexity index is 961. The molecule has 2 aliphatic rings. The minimum Gasteiger partial charge on any atom is -0.496 e. The summed E-state index contributed by atoms with van der Waals surface area (Å²) in [5.74, 6) is -0.974. The SMILES string of the molecule is CCOC1=C(CC)C=NC2=[N+](C)C(=O)N(CC(=O)Nc3ccccc3C)C(=O)C12. The van der Waals surface area contributed by atoms with Gasteiger partial charge >= 0.3 is 11.9 Å². The maximum Gasteiger partial charge on any atom is 0.446 e. The van der Waals surface area contributed by atoms with Crippen molar-refractivity contribution in [1.82, 2.24) is 4.90 Å². The number of nitrogens with zero attached hydrogens (tertiary/aromatic N) is 3. The fraction of sp³-hybridized carbons (Fsp3) is 0.381. The average molecular weight is 397 g/mol. The van der Waals surface area contributed by atoms with Gasteiger partial charge in [-0.05, 0) is 31.9 Å². The summed E-state index contributed by atoms with van der Waals surface area (Å²) in [6.45, 7) is 5.65. The number of dihydropyridines is 1. The van der Waals surface area contributed by atoms with Crippen molar-refractivity contribution in [3.8, 4) is 0 Å². The quantitative estimate of drug-likeness (QED) is 0.746. The molecule has 0 bridgehead atoms. The molecule has 8 heteroatoms. The predicted octanol–water partition coefficient (Wildman–Crippen LogP) is 2.34. The van der Waals surface area contributed by atoms with E-state index in [1.807, 2.05) is 32.9 Å². The lowest BCUT2D eigenvalue weighted by atomic mass is 9.94. The lowest BCUT2D eigenvalue weighted by molar-refractivity contribution is -0.408. The molecule has 0 aromatic heterocycles. The van der Waals surface area contributed by atoms with Crippen LogP contribution in [0.25, 0.3) is 0 Å². The number of benzene rings is 1. The predicted molar refractivity (Wildman–Crippen MR) is 109 cm³/mol. The molecule has 0 saturated carbocycles. The lowest BCUT2D eigenvalue weighted by Crippen LogP contribution is -2.56. The minimum absolute atomic E-state index is 0.316. The monoisotopic (exact) mass is 397 g/mol. The summed E-state index contributed by atoms with van der Waals surface area (Å²) in [5, 5.41) is 2.76. The van der Waals surface area contributed by atoms with Gasteiger partial charge in [-0.2, -0.15) is 9.48 Å². The van der Waals surface area contributed by atoms with Crippen molar-refractivity contribution in [2.45, 2.75) is 27.2 Å². The first-order chi connectivity index (χ1) is 13.9. The lowest BCUT2D eigenvalue weighted by Gasteiger charge is -2.29. The summed E-state index contributed by atoms with van der Waals surface area (Å²) in [7, 11) is 1.54. The van der Waals surface area contributed by atoms with Crippen LogP contribution in [0.4, 0.5) is 10.5 Å². The summed E-state index contributed by atoms with van der Waals surface area (Å²) in [6.07, 6.45) is 2.27. The van der Waals surface area contributed by atoms with Gasteiger partial charge < -0.3 is 10.1 Å². The summed E-state index contributed by atoms with van der Waals surface area (Å²) in [5.41, 5.74) is 2.34. The highest BCUT2D eigenvalue weighted by Crippen LogP contribution is 2.29. The number of fused-ring (bicyclic) bond motifs is 1. The van der Waals surface area contributed by atoms with Crippen molar-refractivity contribution in [3.63, 3.8) is 0 Å². The molecule has 0 radical (unpaired) electrons. The van der Waals surface area contributed by atoms with E-state index in [1.54, 1.807) is 25.4 Å². The second-order valence-corrected chi connectivity index (χ2v) is 6.85. The normalized spacial score (nSPS) is 18.9. The van der Waals surface area contributed by atoms with E-state index in [0.29, 0.717) is 30.3 Å². The van der Waals surface area contributed by atoms with Gasteiger partial charge in [0.15, 0.2) is 12.5 Å². The van der Waals surface area contributed by atoms with E-state index in [0.717, 1.165) is 16.0 Å². The Labute approximate surface area is 169 Å². The first-order valence-electron chi connectivity index (χ1n) is 9.60. The van der Waals surface area contributed by atoms with Gasteiger partial charge in [0.05, 0.1) is 13.7 Å². The number of ether oxygens (including phenoxy) is 1. The van der Waals surface area contributed by atoms with Gasteiger partial charge in [-0.25, -0.2) is 4.79 Å². The maximum absolute atomic E-state index is 13.2. The van der Waals surface area contributed by atoms with E-state index < -0.39 is 23.8 Å². The molecule has 0 fully saturated rings. The van der Waals surface area contributed by atoms with E-state index in [4.69, 9.17) is 4.74 Å². The molecule has 1 aromatic carbocycles. The van der Waals surface area contributed by atoms with Crippen molar-refractivity contribution in [3.05, 3.63) is 41.2 Å². The van der Waals surface area contributed by atoms with Gasteiger partial charge in [0.25, 0.3) is 11.7 Å². The molecule has 2 aliphatic heterocycles. The van der Waals surface area contributed by atoms with E-state index in [2.05, 4.69) is 10.3 Å². The first-order valence-corrected chi connectivity index (χ1v) is 9.60. The van der Waals surface area contributed by atoms with Crippen LogP contribution in [-0.4, -0.2) is 59.6 Å². The molecule has 0 aliphatic carbocycles. The van der Waals surface area contributed by atoms with Crippen LogP contribution in [0.1, 0.15) is 25.8 Å². The summed E-state index contributed by atoms with van der Waals surface area (Å²) in [4.78, 5) is 43.8. The van der Waals surface area contributed by atoms with Crippen LogP contribution in [0.3, 0.4) is 0 Å². The van der Waals surface area contributed by atoms with E-state index in [9.17, 15) is 14.4 Å². The summed E-state index contributed by atoms with van der Waals surface area (Å²) < 4.78 is 7.06. The summed E-state index contributed by atoms with van der Waals surface area (Å²) in [6, 6.07) is 6.72. The van der Waals surface area contributed by atoms with Crippen molar-refractivity contribution >= 4 is 35.6 Å². The Kier molecular flexibility index (Phi) is 5.91. The third kappa shape index (κ3) is 3.83. The number of aryl methyl sites for hydroxylation is 1. The number of hydrogen-bond acceptors (Lipinski definition) is 5. The molecule has 1 aromatic rings. The molecule has 1 N–H and O–H groups in total. The topological polar surface area (TPSA) is 91.1 Å². The molecule has 4 amide bonds. The van der Waals surface area contributed by atoms with Crippen LogP contribution in [-0.2, 0) is 14.3 Å². The zero-order valence-corrected chi connectivity index (χ0v) is 17.1. The highest BCUT2D eigenvalue weighted by molar-refractivity contribution is 6.17. The average Bonchev–Trinajstić information content (AvgIpc) is 2.71. The number of carbonyl (C=O) groups is 3. The molecule has 29 heavy (non-hydrogen) atoms. The molecule has 1 unspecified atom stereocenters. The van der Waals surface area contributed by atoms with Crippen LogP contribution in [0.2, 0.25) is 0 Å². The van der Waals surface area contributed by atoms with E-state index >= 15 is 0 Å². The number of aliphatic imine (C=N–C) groups is 1. The molecule has 0 saturated heterocycles. The van der Waals surface area contributed by atoms with Gasteiger partial charge in [0.1, 0.15) is 12.0 Å². The number of rotatable bonds is 6. The van der Waals surface area contributed by atoms with Gasteiger partial charge in [-0.1, -0.05) is 25.1 Å². The molecule has 3 rings (SSSR count). The van der Waals surface area contributed by atoms with Gasteiger partial charge in [0, 0.05) is 11.3 Å². The van der Waals surface area contributed by atoms with Crippen LogP contribution < -0.4 is 5.32 Å². The fourth-order valence-corrected chi connectivity index (χ4v) is 3.41. The number of anilines is 1. The second-order valence-electron chi connectivity index (χ2n) is 6.85. The molecule has 0 spiro atoms. The van der Waals surface area contributed by atoms with Crippen molar-refractivity contribution in [2.24, 2.45) is 10.9 Å². The van der Waals surface area contributed by atoms with Gasteiger partial charge in [-0.15, -0.1) is 4.99 Å². The largest absolute Gasteiger partial charge is 0.496 e. The van der Waals surface area contributed by atoms with Crippen LogP contribution in [0, 0.1) is 12.8 Å². The Morgan fingerprint density at radius 2 is 2.00 bits per heavy atom. The first kappa shape index (κ1) is 20.4. The van der Waals surface area contributed by atoms with E-state index in [1.165, 1.54) is 4.58 Å². The number of amides is 4. The highest BCUT2D eigenvalue weighted by atomic mass is 16.5. The minimum atomic E-state index is -0.830. The smallest absolute Gasteiger partial charge is 0.446 e. The molecule has 2 heterocycles. The number of imide groups is 1.